The molecule has 7 nitrogen and oxygen atoms in total. The zero-order valence-corrected chi connectivity index (χ0v) is 13.6. The molecule has 0 bridgehead atoms. The molecule has 126 valence electrons. The van der Waals surface area contributed by atoms with Gasteiger partial charge in [-0.3, -0.25) is 9.59 Å². The fourth-order valence-electron chi connectivity index (χ4n) is 2.59. The third kappa shape index (κ3) is 3.56. The summed E-state index contributed by atoms with van der Waals surface area (Å²) in [5.41, 5.74) is 0.692. The maximum atomic E-state index is 12.2. The second kappa shape index (κ2) is 7.16. The van der Waals surface area contributed by atoms with Crippen LogP contribution in [-0.4, -0.2) is 47.9 Å². The van der Waals surface area contributed by atoms with Crippen molar-refractivity contribution in [2.45, 2.75) is 13.3 Å². The highest BCUT2D eigenvalue weighted by molar-refractivity contribution is 5.91. The van der Waals surface area contributed by atoms with Crippen LogP contribution >= 0.6 is 0 Å². The van der Waals surface area contributed by atoms with Crippen LogP contribution in [-0.2, 0) is 4.79 Å². The van der Waals surface area contributed by atoms with Crippen molar-refractivity contribution in [1.82, 2.24) is 9.88 Å². The summed E-state index contributed by atoms with van der Waals surface area (Å²) in [6, 6.07) is 7.12. The Morgan fingerprint density at radius 2 is 2.00 bits per heavy atom. The van der Waals surface area contributed by atoms with E-state index in [1.54, 1.807) is 30.2 Å². The highest BCUT2D eigenvalue weighted by atomic mass is 16.3. The standard InChI is InChI=1S/C17H20N4O3/c1-2-16(22)19-13-5-6-15(18-12-13)20-7-9-21(10-8-20)17(23)14-4-3-11-24-14/h3-6,11-12H,2,7-10H2,1H3,(H,19,22). The molecule has 24 heavy (non-hydrogen) atoms. The Hall–Kier alpha value is -2.83. The molecule has 0 saturated carbocycles. The van der Waals surface area contributed by atoms with Gasteiger partial charge in [0.15, 0.2) is 5.76 Å². The number of furan rings is 1. The Labute approximate surface area is 140 Å². The maximum Gasteiger partial charge on any atom is 0.289 e. The molecule has 1 aliphatic rings. The van der Waals surface area contributed by atoms with E-state index in [2.05, 4.69) is 15.2 Å². The molecular weight excluding hydrogens is 308 g/mol. The van der Waals surface area contributed by atoms with E-state index in [0.29, 0.717) is 44.0 Å². The third-order valence-corrected chi connectivity index (χ3v) is 3.98. The molecule has 1 saturated heterocycles. The Balaban J connectivity index is 1.56. The van der Waals surface area contributed by atoms with E-state index in [1.807, 2.05) is 12.1 Å². The van der Waals surface area contributed by atoms with Gasteiger partial charge in [0.1, 0.15) is 5.82 Å². The smallest absolute Gasteiger partial charge is 0.289 e. The topological polar surface area (TPSA) is 78.7 Å². The largest absolute Gasteiger partial charge is 0.459 e. The van der Waals surface area contributed by atoms with Gasteiger partial charge in [0.2, 0.25) is 5.91 Å². The molecule has 0 aromatic carbocycles. The summed E-state index contributed by atoms with van der Waals surface area (Å²) in [5.74, 6) is 1.10. The number of hydrogen-bond acceptors (Lipinski definition) is 5. The first kappa shape index (κ1) is 16.0. The normalized spacial score (nSPS) is 14.5. The minimum absolute atomic E-state index is 0.0328. The van der Waals surface area contributed by atoms with E-state index in [1.165, 1.54) is 6.26 Å². The van der Waals surface area contributed by atoms with Gasteiger partial charge in [-0.1, -0.05) is 6.92 Å². The van der Waals surface area contributed by atoms with Crippen LogP contribution in [0, 0.1) is 0 Å². The second-order valence-corrected chi connectivity index (χ2v) is 5.56. The van der Waals surface area contributed by atoms with E-state index < -0.39 is 0 Å². The molecule has 0 atom stereocenters. The molecule has 7 heteroatoms. The summed E-state index contributed by atoms with van der Waals surface area (Å²) in [5, 5.41) is 2.78. The first-order chi connectivity index (χ1) is 11.7. The van der Waals surface area contributed by atoms with Crippen molar-refractivity contribution < 1.29 is 14.0 Å². The van der Waals surface area contributed by atoms with Gasteiger partial charge in [0.25, 0.3) is 5.91 Å². The second-order valence-electron chi connectivity index (χ2n) is 5.56. The van der Waals surface area contributed by atoms with Crippen LogP contribution in [0.3, 0.4) is 0 Å². The van der Waals surface area contributed by atoms with Crippen LogP contribution in [0.25, 0.3) is 0 Å². The van der Waals surface area contributed by atoms with Gasteiger partial charge in [0.05, 0.1) is 18.1 Å². The average molecular weight is 328 g/mol. The van der Waals surface area contributed by atoms with E-state index >= 15 is 0 Å². The van der Waals surface area contributed by atoms with Crippen LogP contribution in [0.15, 0.2) is 41.1 Å². The van der Waals surface area contributed by atoms with E-state index in [0.717, 1.165) is 5.82 Å². The lowest BCUT2D eigenvalue weighted by Crippen LogP contribution is -2.49. The number of nitrogens with zero attached hydrogens (tertiary/aromatic N) is 3. The molecule has 2 amide bonds. The molecule has 0 unspecified atom stereocenters. The summed E-state index contributed by atoms with van der Waals surface area (Å²) in [7, 11) is 0. The Morgan fingerprint density at radius 3 is 2.58 bits per heavy atom. The van der Waals surface area contributed by atoms with Crippen molar-refractivity contribution in [2.24, 2.45) is 0 Å². The molecule has 0 spiro atoms. The first-order valence-electron chi connectivity index (χ1n) is 8.01. The van der Waals surface area contributed by atoms with Crippen LogP contribution in [0.5, 0.6) is 0 Å². The number of rotatable bonds is 4. The van der Waals surface area contributed by atoms with E-state index in [4.69, 9.17) is 4.42 Å². The van der Waals surface area contributed by atoms with Crippen LogP contribution < -0.4 is 10.2 Å². The molecular formula is C17H20N4O3. The summed E-state index contributed by atoms with van der Waals surface area (Å²) in [6.45, 7) is 4.46. The summed E-state index contributed by atoms with van der Waals surface area (Å²) in [6.07, 6.45) is 3.60. The highest BCUT2D eigenvalue weighted by Crippen LogP contribution is 2.17. The Bertz CT molecular complexity index is 689. The van der Waals surface area contributed by atoms with Gasteiger partial charge in [0, 0.05) is 32.6 Å². The minimum atomic E-state index is -0.0785. The lowest BCUT2D eigenvalue weighted by atomic mass is 10.2. The van der Waals surface area contributed by atoms with Gasteiger partial charge in [-0.05, 0) is 24.3 Å². The van der Waals surface area contributed by atoms with Gasteiger partial charge in [-0.25, -0.2) is 4.98 Å². The van der Waals surface area contributed by atoms with E-state index in [9.17, 15) is 9.59 Å². The van der Waals surface area contributed by atoms with Crippen molar-refractivity contribution in [3.63, 3.8) is 0 Å². The number of carbonyl (C=O) groups excluding carboxylic acids is 2. The number of amides is 2. The van der Waals surface area contributed by atoms with Crippen LogP contribution in [0.1, 0.15) is 23.9 Å². The summed E-state index contributed by atoms with van der Waals surface area (Å²) >= 11 is 0. The number of pyridine rings is 1. The van der Waals surface area contributed by atoms with Gasteiger partial charge < -0.3 is 19.5 Å². The quantitative estimate of drug-likeness (QED) is 0.928. The van der Waals surface area contributed by atoms with Crippen LogP contribution in [0.4, 0.5) is 11.5 Å². The Morgan fingerprint density at radius 1 is 1.21 bits per heavy atom. The van der Waals surface area contributed by atoms with Gasteiger partial charge in [-0.2, -0.15) is 0 Å². The number of piperazine rings is 1. The molecule has 2 aromatic heterocycles. The zero-order chi connectivity index (χ0) is 16.9. The molecule has 2 aromatic rings. The summed E-state index contributed by atoms with van der Waals surface area (Å²) in [4.78, 5) is 31.9. The molecule has 1 fully saturated rings. The summed E-state index contributed by atoms with van der Waals surface area (Å²) < 4.78 is 5.16. The first-order valence-corrected chi connectivity index (χ1v) is 8.01. The molecule has 3 rings (SSSR count). The third-order valence-electron chi connectivity index (χ3n) is 3.98. The fraction of sp³-hybridized carbons (Fsp3) is 0.353. The van der Waals surface area contributed by atoms with Crippen molar-refractivity contribution in [3.8, 4) is 0 Å². The number of hydrogen-bond donors (Lipinski definition) is 1. The van der Waals surface area contributed by atoms with Crippen molar-refractivity contribution in [1.29, 1.82) is 0 Å². The average Bonchev–Trinajstić information content (AvgIpc) is 3.16. The molecule has 1 N–H and O–H groups in total. The van der Waals surface area contributed by atoms with E-state index in [-0.39, 0.29) is 11.8 Å². The van der Waals surface area contributed by atoms with Gasteiger partial charge >= 0.3 is 0 Å². The molecule has 0 aliphatic carbocycles. The highest BCUT2D eigenvalue weighted by Gasteiger charge is 2.24. The zero-order valence-electron chi connectivity index (χ0n) is 13.6. The SMILES string of the molecule is CCC(=O)Nc1ccc(N2CCN(C(=O)c3ccco3)CC2)nc1. The van der Waals surface area contributed by atoms with Gasteiger partial charge in [-0.15, -0.1) is 0 Å². The van der Waals surface area contributed by atoms with Crippen molar-refractivity contribution >= 4 is 23.3 Å². The predicted octanol–water partition coefficient (Wildman–Crippen LogP) is 1.99. The number of carbonyl (C=O) groups is 2. The molecule has 1 aliphatic heterocycles. The molecule has 3 heterocycles. The molecule has 0 radical (unpaired) electrons. The lowest BCUT2D eigenvalue weighted by molar-refractivity contribution is -0.115. The predicted molar refractivity (Wildman–Crippen MR) is 90.0 cm³/mol. The number of nitrogens with one attached hydrogen (secondary N) is 1. The fourth-order valence-corrected chi connectivity index (χ4v) is 2.59. The van der Waals surface area contributed by atoms with Crippen LogP contribution in [0.2, 0.25) is 0 Å². The minimum Gasteiger partial charge on any atom is -0.459 e. The number of aromatic nitrogens is 1. The maximum absolute atomic E-state index is 12.2. The Kier molecular flexibility index (Phi) is 4.79. The monoisotopic (exact) mass is 328 g/mol. The van der Waals surface area contributed by atoms with Crippen molar-refractivity contribution in [2.75, 3.05) is 36.4 Å². The number of anilines is 2. The van der Waals surface area contributed by atoms with Crippen molar-refractivity contribution in [3.05, 3.63) is 42.5 Å². The lowest BCUT2D eigenvalue weighted by Gasteiger charge is -2.35.